The Hall–Kier alpha value is -0.870. The zero-order valence-corrected chi connectivity index (χ0v) is 12.1. The summed E-state index contributed by atoms with van der Waals surface area (Å²) in [5, 5.41) is -0.582. The van der Waals surface area contributed by atoms with Crippen LogP contribution in [-0.4, -0.2) is 25.2 Å². The SMILES string of the molecule is CCCCS(=O)(=O)C(C)C(=O)c1cccc(Cl)c1. The van der Waals surface area contributed by atoms with Crippen LogP contribution in [0.5, 0.6) is 0 Å². The van der Waals surface area contributed by atoms with Crippen molar-refractivity contribution in [2.75, 3.05) is 5.75 Å². The highest BCUT2D eigenvalue weighted by atomic mass is 35.5. The summed E-state index contributed by atoms with van der Waals surface area (Å²) in [6, 6.07) is 6.37. The van der Waals surface area contributed by atoms with Gasteiger partial charge in [0.15, 0.2) is 15.6 Å². The molecule has 0 aliphatic rings. The first-order chi connectivity index (χ1) is 8.38. The Kier molecular flexibility index (Phi) is 5.35. The summed E-state index contributed by atoms with van der Waals surface area (Å²) < 4.78 is 23.9. The van der Waals surface area contributed by atoms with Gasteiger partial charge < -0.3 is 0 Å². The van der Waals surface area contributed by atoms with Gasteiger partial charge in [-0.25, -0.2) is 8.42 Å². The van der Waals surface area contributed by atoms with E-state index in [4.69, 9.17) is 11.6 Å². The van der Waals surface area contributed by atoms with E-state index < -0.39 is 20.9 Å². The molecule has 0 N–H and O–H groups in total. The van der Waals surface area contributed by atoms with Crippen LogP contribution in [0, 0.1) is 0 Å². The number of ketones is 1. The van der Waals surface area contributed by atoms with Gasteiger partial charge in [-0.3, -0.25) is 4.79 Å². The predicted molar refractivity (Wildman–Crippen MR) is 73.9 cm³/mol. The monoisotopic (exact) mass is 288 g/mol. The average Bonchev–Trinajstić information content (AvgIpc) is 2.34. The zero-order valence-electron chi connectivity index (χ0n) is 10.5. The van der Waals surface area contributed by atoms with Crippen LogP contribution < -0.4 is 0 Å². The van der Waals surface area contributed by atoms with E-state index in [1.54, 1.807) is 18.2 Å². The van der Waals surface area contributed by atoms with Gasteiger partial charge in [-0.05, 0) is 25.5 Å². The average molecular weight is 289 g/mol. The molecule has 0 bridgehead atoms. The first-order valence-corrected chi connectivity index (χ1v) is 7.99. The van der Waals surface area contributed by atoms with Crippen molar-refractivity contribution in [3.05, 3.63) is 34.9 Å². The molecule has 1 aromatic rings. The number of Topliss-reactive ketones (excluding diaryl/α,β-unsaturated/α-hetero) is 1. The van der Waals surface area contributed by atoms with Crippen LogP contribution in [0.25, 0.3) is 0 Å². The number of hydrogen-bond donors (Lipinski definition) is 0. The lowest BCUT2D eigenvalue weighted by molar-refractivity contribution is 0.0991. The number of rotatable bonds is 6. The number of carbonyl (C=O) groups is 1. The third-order valence-electron chi connectivity index (χ3n) is 2.80. The smallest absolute Gasteiger partial charge is 0.180 e. The summed E-state index contributed by atoms with van der Waals surface area (Å²) in [5.41, 5.74) is 0.343. The van der Waals surface area contributed by atoms with E-state index in [1.807, 2.05) is 6.92 Å². The van der Waals surface area contributed by atoms with Gasteiger partial charge in [0.05, 0.1) is 5.75 Å². The maximum atomic E-state index is 12.1. The summed E-state index contributed by atoms with van der Waals surface area (Å²) in [7, 11) is -3.38. The van der Waals surface area contributed by atoms with E-state index in [0.717, 1.165) is 6.42 Å². The third kappa shape index (κ3) is 3.82. The van der Waals surface area contributed by atoms with Crippen LogP contribution in [0.4, 0.5) is 0 Å². The van der Waals surface area contributed by atoms with Gasteiger partial charge in [0, 0.05) is 10.6 Å². The third-order valence-corrected chi connectivity index (χ3v) is 5.18. The lowest BCUT2D eigenvalue weighted by Crippen LogP contribution is -2.29. The standard InChI is InChI=1S/C13H17ClO3S/c1-3-4-8-18(16,17)10(2)13(15)11-6-5-7-12(14)9-11/h5-7,9-10H,3-4,8H2,1-2H3. The van der Waals surface area contributed by atoms with Crippen molar-refractivity contribution in [1.29, 1.82) is 0 Å². The topological polar surface area (TPSA) is 51.2 Å². The number of benzene rings is 1. The van der Waals surface area contributed by atoms with Crippen LogP contribution in [0.3, 0.4) is 0 Å². The van der Waals surface area contributed by atoms with Crippen molar-refractivity contribution in [3.63, 3.8) is 0 Å². The molecule has 1 unspecified atom stereocenters. The van der Waals surface area contributed by atoms with Crippen molar-refractivity contribution < 1.29 is 13.2 Å². The molecular weight excluding hydrogens is 272 g/mol. The Morgan fingerprint density at radius 2 is 2.06 bits per heavy atom. The normalized spacial score (nSPS) is 13.3. The van der Waals surface area contributed by atoms with Gasteiger partial charge in [-0.15, -0.1) is 0 Å². The van der Waals surface area contributed by atoms with Crippen molar-refractivity contribution in [2.45, 2.75) is 31.9 Å². The summed E-state index contributed by atoms with van der Waals surface area (Å²) in [6.45, 7) is 3.35. The lowest BCUT2D eigenvalue weighted by Gasteiger charge is -2.11. The second-order valence-electron chi connectivity index (χ2n) is 4.24. The Bertz CT molecular complexity index is 523. The fraction of sp³-hybridized carbons (Fsp3) is 0.462. The molecule has 1 atom stereocenters. The van der Waals surface area contributed by atoms with Crippen LogP contribution in [0.15, 0.2) is 24.3 Å². The molecule has 3 nitrogen and oxygen atoms in total. The van der Waals surface area contributed by atoms with Crippen molar-refractivity contribution in [3.8, 4) is 0 Å². The van der Waals surface area contributed by atoms with Gasteiger partial charge in [-0.1, -0.05) is 37.1 Å². The highest BCUT2D eigenvalue weighted by Gasteiger charge is 2.28. The highest BCUT2D eigenvalue weighted by Crippen LogP contribution is 2.16. The molecule has 0 amide bonds. The van der Waals surface area contributed by atoms with Gasteiger partial charge >= 0.3 is 0 Å². The summed E-state index contributed by atoms with van der Waals surface area (Å²) in [6.07, 6.45) is 1.37. The molecule has 0 aliphatic heterocycles. The molecule has 1 rings (SSSR count). The minimum absolute atomic E-state index is 0.0526. The van der Waals surface area contributed by atoms with Gasteiger partial charge in [-0.2, -0.15) is 0 Å². The van der Waals surface area contributed by atoms with Crippen LogP contribution in [-0.2, 0) is 9.84 Å². The quantitative estimate of drug-likeness (QED) is 0.756. The first-order valence-electron chi connectivity index (χ1n) is 5.90. The summed E-state index contributed by atoms with van der Waals surface area (Å²) in [4.78, 5) is 12.1. The van der Waals surface area contributed by atoms with Crippen molar-refractivity contribution in [2.24, 2.45) is 0 Å². The Morgan fingerprint density at radius 3 is 2.61 bits per heavy atom. The van der Waals surface area contributed by atoms with Gasteiger partial charge in [0.2, 0.25) is 0 Å². The molecule has 18 heavy (non-hydrogen) atoms. The largest absolute Gasteiger partial charge is 0.293 e. The Balaban J connectivity index is 2.90. The van der Waals surface area contributed by atoms with Crippen LogP contribution in [0.2, 0.25) is 5.02 Å². The number of halogens is 1. The molecule has 0 fully saturated rings. The second-order valence-corrected chi connectivity index (χ2v) is 7.11. The summed E-state index contributed by atoms with van der Waals surface area (Å²) >= 11 is 5.79. The molecular formula is C13H17ClO3S. The summed E-state index contributed by atoms with van der Waals surface area (Å²) in [5.74, 6) is -0.342. The minimum atomic E-state index is -3.38. The molecule has 5 heteroatoms. The van der Waals surface area contributed by atoms with Crippen LogP contribution >= 0.6 is 11.6 Å². The molecule has 0 aliphatic carbocycles. The molecule has 0 aromatic heterocycles. The van der Waals surface area contributed by atoms with E-state index in [0.29, 0.717) is 17.0 Å². The second kappa shape index (κ2) is 6.34. The van der Waals surface area contributed by atoms with E-state index >= 15 is 0 Å². The first kappa shape index (κ1) is 15.2. The number of hydrogen-bond acceptors (Lipinski definition) is 3. The molecule has 0 heterocycles. The molecule has 0 saturated heterocycles. The molecule has 100 valence electrons. The molecule has 0 spiro atoms. The minimum Gasteiger partial charge on any atom is -0.293 e. The maximum absolute atomic E-state index is 12.1. The molecule has 0 saturated carbocycles. The fourth-order valence-electron chi connectivity index (χ4n) is 1.56. The van der Waals surface area contributed by atoms with Crippen LogP contribution in [0.1, 0.15) is 37.0 Å². The fourth-order valence-corrected chi connectivity index (χ4v) is 3.26. The van der Waals surface area contributed by atoms with Crippen molar-refractivity contribution in [1.82, 2.24) is 0 Å². The Labute approximate surface area is 113 Å². The number of unbranched alkanes of at least 4 members (excludes halogenated alkanes) is 1. The highest BCUT2D eigenvalue weighted by molar-refractivity contribution is 7.92. The van der Waals surface area contributed by atoms with E-state index in [1.165, 1.54) is 13.0 Å². The lowest BCUT2D eigenvalue weighted by atomic mass is 10.1. The predicted octanol–water partition coefficient (Wildman–Crippen LogP) is 3.13. The maximum Gasteiger partial charge on any atom is 0.180 e. The van der Waals surface area contributed by atoms with Crippen molar-refractivity contribution >= 4 is 27.2 Å². The van der Waals surface area contributed by atoms with E-state index in [9.17, 15) is 13.2 Å². The zero-order chi connectivity index (χ0) is 13.8. The van der Waals surface area contributed by atoms with Gasteiger partial charge in [0.1, 0.15) is 5.25 Å². The Morgan fingerprint density at radius 1 is 1.39 bits per heavy atom. The van der Waals surface area contributed by atoms with Gasteiger partial charge in [0.25, 0.3) is 0 Å². The number of sulfone groups is 1. The number of carbonyl (C=O) groups excluding carboxylic acids is 1. The van der Waals surface area contributed by atoms with E-state index in [2.05, 4.69) is 0 Å². The molecule has 0 radical (unpaired) electrons. The van der Waals surface area contributed by atoms with E-state index in [-0.39, 0.29) is 5.75 Å². The molecule has 1 aromatic carbocycles.